The van der Waals surface area contributed by atoms with Crippen LogP contribution >= 0.6 is 15.9 Å². The molecule has 0 N–H and O–H groups in total. The van der Waals surface area contributed by atoms with Gasteiger partial charge in [-0.3, -0.25) is 4.90 Å². The van der Waals surface area contributed by atoms with Crippen molar-refractivity contribution in [1.29, 1.82) is 0 Å². The highest BCUT2D eigenvalue weighted by atomic mass is 79.9. The summed E-state index contributed by atoms with van der Waals surface area (Å²) >= 11 is 3.63. The maximum absolute atomic E-state index is 4.53. The Morgan fingerprint density at radius 1 is 1.23 bits per heavy atom. The maximum Gasteiger partial charge on any atom is 0.142 e. The summed E-state index contributed by atoms with van der Waals surface area (Å²) in [4.78, 5) is 12.2. The summed E-state index contributed by atoms with van der Waals surface area (Å²) in [5, 5.41) is 0. The number of anilines is 1. The lowest BCUT2D eigenvalue weighted by Gasteiger charge is -2.47. The van der Waals surface area contributed by atoms with Gasteiger partial charge in [-0.2, -0.15) is 0 Å². The molecular weight excluding hydrogens is 340 g/mol. The van der Waals surface area contributed by atoms with Gasteiger partial charge in [0.15, 0.2) is 0 Å². The van der Waals surface area contributed by atoms with Crippen molar-refractivity contribution in [3.8, 4) is 0 Å². The van der Waals surface area contributed by atoms with Gasteiger partial charge in [0.25, 0.3) is 0 Å². The molecule has 1 aromatic heterocycles. The second-order valence-corrected chi connectivity index (χ2v) is 8.26. The lowest BCUT2D eigenvalue weighted by molar-refractivity contribution is 0.0204. The molecule has 1 aromatic rings. The van der Waals surface area contributed by atoms with Crippen molar-refractivity contribution in [2.75, 3.05) is 51.2 Å². The van der Waals surface area contributed by atoms with Crippen LogP contribution in [0.3, 0.4) is 0 Å². The Morgan fingerprint density at radius 2 is 2.00 bits per heavy atom. The van der Waals surface area contributed by atoms with E-state index in [9.17, 15) is 0 Å². The van der Waals surface area contributed by atoms with Gasteiger partial charge in [0.2, 0.25) is 0 Å². The number of pyridine rings is 1. The molecule has 1 aliphatic carbocycles. The monoisotopic (exact) mass is 364 g/mol. The van der Waals surface area contributed by atoms with Crippen molar-refractivity contribution < 1.29 is 0 Å². The molecule has 120 valence electrons. The standard InChI is InChI=1S/C17H25BrN4/c1-20-12-17(13-20)5-4-14(11-17)21-7-9-22(10-8-21)16-15(18)3-2-6-19-16/h2-3,6,14H,4-5,7-13H2,1H3. The van der Waals surface area contributed by atoms with E-state index in [2.05, 4.69) is 48.7 Å². The van der Waals surface area contributed by atoms with E-state index < -0.39 is 0 Å². The molecule has 5 heteroatoms. The van der Waals surface area contributed by atoms with E-state index >= 15 is 0 Å². The average Bonchev–Trinajstić information content (AvgIpc) is 2.93. The molecule has 1 spiro atoms. The number of rotatable bonds is 2. The topological polar surface area (TPSA) is 22.6 Å². The number of piperazine rings is 1. The highest BCUT2D eigenvalue weighted by Gasteiger charge is 2.47. The van der Waals surface area contributed by atoms with Gasteiger partial charge < -0.3 is 9.80 Å². The van der Waals surface area contributed by atoms with Gasteiger partial charge in [-0.05, 0) is 59.8 Å². The molecule has 0 bridgehead atoms. The maximum atomic E-state index is 4.53. The Hall–Kier alpha value is -0.650. The molecule has 0 aromatic carbocycles. The van der Waals surface area contributed by atoms with Gasteiger partial charge in [0, 0.05) is 51.5 Å². The molecule has 0 radical (unpaired) electrons. The normalized spacial score (nSPS) is 29.0. The van der Waals surface area contributed by atoms with Crippen LogP contribution in [0.5, 0.6) is 0 Å². The van der Waals surface area contributed by atoms with E-state index in [0.29, 0.717) is 5.41 Å². The molecule has 2 aliphatic heterocycles. The molecule has 2 saturated heterocycles. The molecule has 3 aliphatic rings. The molecule has 1 atom stereocenters. The van der Waals surface area contributed by atoms with Gasteiger partial charge in [-0.15, -0.1) is 0 Å². The van der Waals surface area contributed by atoms with Gasteiger partial charge in [0.05, 0.1) is 4.47 Å². The van der Waals surface area contributed by atoms with E-state index in [0.717, 1.165) is 29.4 Å². The van der Waals surface area contributed by atoms with Gasteiger partial charge in [0.1, 0.15) is 5.82 Å². The summed E-state index contributed by atoms with van der Waals surface area (Å²) < 4.78 is 1.11. The van der Waals surface area contributed by atoms with E-state index in [1.807, 2.05) is 12.3 Å². The van der Waals surface area contributed by atoms with E-state index in [1.54, 1.807) is 0 Å². The van der Waals surface area contributed by atoms with Crippen molar-refractivity contribution >= 4 is 21.7 Å². The van der Waals surface area contributed by atoms with Crippen LogP contribution in [0.4, 0.5) is 5.82 Å². The fourth-order valence-corrected chi connectivity index (χ4v) is 5.29. The zero-order valence-electron chi connectivity index (χ0n) is 13.3. The van der Waals surface area contributed by atoms with Gasteiger partial charge in [-0.25, -0.2) is 4.98 Å². The first-order valence-electron chi connectivity index (χ1n) is 8.43. The van der Waals surface area contributed by atoms with Crippen LogP contribution < -0.4 is 4.90 Å². The molecule has 1 saturated carbocycles. The average molecular weight is 365 g/mol. The number of nitrogens with zero attached hydrogens (tertiary/aromatic N) is 4. The first kappa shape index (κ1) is 14.9. The number of hydrogen-bond acceptors (Lipinski definition) is 4. The van der Waals surface area contributed by atoms with Crippen molar-refractivity contribution in [2.45, 2.75) is 25.3 Å². The van der Waals surface area contributed by atoms with Crippen LogP contribution in [0.25, 0.3) is 0 Å². The van der Waals surface area contributed by atoms with Crippen molar-refractivity contribution in [3.05, 3.63) is 22.8 Å². The van der Waals surface area contributed by atoms with E-state index in [-0.39, 0.29) is 0 Å². The number of halogens is 1. The molecule has 3 fully saturated rings. The van der Waals surface area contributed by atoms with E-state index in [1.165, 1.54) is 45.4 Å². The first-order chi connectivity index (χ1) is 10.7. The minimum Gasteiger partial charge on any atom is -0.353 e. The second-order valence-electron chi connectivity index (χ2n) is 7.40. The second kappa shape index (κ2) is 5.77. The number of likely N-dealkylation sites (tertiary alicyclic amines) is 1. The molecular formula is C17H25BrN4. The summed E-state index contributed by atoms with van der Waals surface area (Å²) in [7, 11) is 2.25. The third kappa shape index (κ3) is 2.68. The van der Waals surface area contributed by atoms with Crippen LogP contribution in [0.1, 0.15) is 19.3 Å². The van der Waals surface area contributed by atoms with Crippen molar-refractivity contribution in [3.63, 3.8) is 0 Å². The Kier molecular flexibility index (Phi) is 3.91. The minimum atomic E-state index is 0.667. The van der Waals surface area contributed by atoms with Crippen LogP contribution in [0, 0.1) is 5.41 Å². The molecule has 3 heterocycles. The SMILES string of the molecule is CN1CC2(CCC(N3CCN(c4ncccc4Br)CC3)C2)C1. The minimum absolute atomic E-state index is 0.667. The predicted molar refractivity (Wildman–Crippen MR) is 93.3 cm³/mol. The number of hydrogen-bond donors (Lipinski definition) is 0. The third-order valence-corrected chi connectivity index (χ3v) is 6.38. The van der Waals surface area contributed by atoms with Crippen LogP contribution in [0.15, 0.2) is 22.8 Å². The van der Waals surface area contributed by atoms with Crippen LogP contribution in [0.2, 0.25) is 0 Å². The molecule has 0 amide bonds. The molecule has 1 unspecified atom stereocenters. The largest absolute Gasteiger partial charge is 0.353 e. The zero-order valence-corrected chi connectivity index (χ0v) is 14.9. The fourth-order valence-electron chi connectivity index (χ4n) is 4.78. The quantitative estimate of drug-likeness (QED) is 0.803. The zero-order chi connectivity index (χ0) is 15.2. The predicted octanol–water partition coefficient (Wildman–Crippen LogP) is 2.45. The highest BCUT2D eigenvalue weighted by molar-refractivity contribution is 9.10. The van der Waals surface area contributed by atoms with Gasteiger partial charge >= 0.3 is 0 Å². The summed E-state index contributed by atoms with van der Waals surface area (Å²) in [5.41, 5.74) is 0.667. The Labute approximate surface area is 141 Å². The van der Waals surface area contributed by atoms with Gasteiger partial charge in [-0.1, -0.05) is 0 Å². The Balaban J connectivity index is 1.34. The third-order valence-electron chi connectivity index (χ3n) is 5.76. The number of aromatic nitrogens is 1. The van der Waals surface area contributed by atoms with E-state index in [4.69, 9.17) is 0 Å². The summed E-state index contributed by atoms with van der Waals surface area (Å²) in [6.07, 6.45) is 6.15. The van der Waals surface area contributed by atoms with Crippen LogP contribution in [-0.4, -0.2) is 67.1 Å². The first-order valence-corrected chi connectivity index (χ1v) is 9.23. The Bertz CT molecular complexity index is 535. The van der Waals surface area contributed by atoms with Crippen molar-refractivity contribution in [2.24, 2.45) is 5.41 Å². The molecule has 4 nitrogen and oxygen atoms in total. The molecule has 22 heavy (non-hydrogen) atoms. The van der Waals surface area contributed by atoms with Crippen LogP contribution in [-0.2, 0) is 0 Å². The summed E-state index contributed by atoms with van der Waals surface area (Å²) in [6, 6.07) is 4.89. The van der Waals surface area contributed by atoms with Crippen molar-refractivity contribution in [1.82, 2.24) is 14.8 Å². The fraction of sp³-hybridized carbons (Fsp3) is 0.706. The summed E-state index contributed by atoms with van der Waals surface area (Å²) in [5.74, 6) is 1.10. The highest BCUT2D eigenvalue weighted by Crippen LogP contribution is 2.46. The summed E-state index contributed by atoms with van der Waals surface area (Å²) in [6.45, 7) is 7.20. The smallest absolute Gasteiger partial charge is 0.142 e. The Morgan fingerprint density at radius 3 is 2.68 bits per heavy atom. The molecule has 4 rings (SSSR count). The lowest BCUT2D eigenvalue weighted by Crippen LogP contribution is -2.54. The lowest BCUT2D eigenvalue weighted by atomic mass is 9.78.